The van der Waals surface area contributed by atoms with Gasteiger partial charge in [-0.25, -0.2) is 0 Å². The van der Waals surface area contributed by atoms with Crippen molar-refractivity contribution in [1.29, 1.82) is 0 Å². The van der Waals surface area contributed by atoms with Crippen LogP contribution in [0.5, 0.6) is 0 Å². The predicted molar refractivity (Wildman–Crippen MR) is 165 cm³/mol. The molecular formula is C34H39N3O4. The highest BCUT2D eigenvalue weighted by molar-refractivity contribution is 5.35. The maximum absolute atomic E-state index is 10.5. The summed E-state index contributed by atoms with van der Waals surface area (Å²) >= 11 is 0. The van der Waals surface area contributed by atoms with Gasteiger partial charge in [-0.15, -0.1) is 0 Å². The molecule has 1 atom stereocenters. The van der Waals surface area contributed by atoms with Crippen LogP contribution in [0.1, 0.15) is 67.7 Å². The lowest BCUT2D eigenvalue weighted by Gasteiger charge is -2.27. The Balaban J connectivity index is 0.000000226. The van der Waals surface area contributed by atoms with Crippen molar-refractivity contribution in [3.05, 3.63) is 152 Å². The van der Waals surface area contributed by atoms with E-state index in [2.05, 4.69) is 79.8 Å². The highest BCUT2D eigenvalue weighted by Crippen LogP contribution is 2.36. The van der Waals surface area contributed by atoms with Crippen molar-refractivity contribution in [1.82, 2.24) is 5.32 Å². The maximum atomic E-state index is 10.5. The van der Waals surface area contributed by atoms with E-state index in [0.717, 1.165) is 17.0 Å². The van der Waals surface area contributed by atoms with Crippen molar-refractivity contribution in [2.75, 3.05) is 0 Å². The smallest absolute Gasteiger partial charge is 0.269 e. The van der Waals surface area contributed by atoms with Crippen LogP contribution in [-0.4, -0.2) is 9.85 Å². The van der Waals surface area contributed by atoms with Gasteiger partial charge < -0.3 is 5.32 Å². The van der Waals surface area contributed by atoms with Gasteiger partial charge in [0.1, 0.15) is 0 Å². The first-order chi connectivity index (χ1) is 19.9. The molecule has 41 heavy (non-hydrogen) atoms. The molecule has 0 spiro atoms. The molecule has 0 saturated carbocycles. The summed E-state index contributed by atoms with van der Waals surface area (Å²) in [6.07, 6.45) is 5.18. The standard InChI is InChI=1S/C20H26.C14H13N3O4/c1-3-5-12-17(4-2)20(18-13-8-6-9-14-18)19-15-10-7-11-16-19;18-16(19)13-5-1-11(2-6-13)9-15-10-12-3-7-14(8-4-12)17(20)21/h6-11,13-17,20H,3-5,12H2,1-2H3;1-8,15H,9-10H2. The molecule has 4 aromatic rings. The number of benzene rings is 4. The van der Waals surface area contributed by atoms with Gasteiger partial charge in [0.2, 0.25) is 0 Å². The minimum atomic E-state index is -0.436. The van der Waals surface area contributed by atoms with Crippen LogP contribution in [0.15, 0.2) is 109 Å². The first kappa shape index (κ1) is 31.2. The van der Waals surface area contributed by atoms with E-state index in [1.807, 2.05) is 0 Å². The molecule has 0 aliphatic heterocycles. The Labute approximate surface area is 242 Å². The predicted octanol–water partition coefficient (Wildman–Crippen LogP) is 8.83. The summed E-state index contributed by atoms with van der Waals surface area (Å²) in [7, 11) is 0. The third-order valence-electron chi connectivity index (χ3n) is 7.19. The van der Waals surface area contributed by atoms with Gasteiger partial charge in [0.25, 0.3) is 11.4 Å². The lowest BCUT2D eigenvalue weighted by Crippen LogP contribution is -2.14. The fraction of sp³-hybridized carbons (Fsp3) is 0.294. The Kier molecular flexibility index (Phi) is 12.7. The SMILES string of the molecule is CCCCC(CC)C(c1ccccc1)c1ccccc1.O=[N+]([O-])c1ccc(CNCc2ccc([N+](=O)[O-])cc2)cc1. The summed E-state index contributed by atoms with van der Waals surface area (Å²) in [4.78, 5) is 20.2. The van der Waals surface area contributed by atoms with E-state index in [-0.39, 0.29) is 11.4 Å². The minimum absolute atomic E-state index is 0.0640. The van der Waals surface area contributed by atoms with E-state index in [1.165, 1.54) is 61.1 Å². The Morgan fingerprint density at radius 1 is 0.634 bits per heavy atom. The van der Waals surface area contributed by atoms with Crippen molar-refractivity contribution < 1.29 is 9.85 Å². The number of nitrogens with zero attached hydrogens (tertiary/aromatic N) is 2. The third kappa shape index (κ3) is 9.96. The highest BCUT2D eigenvalue weighted by Gasteiger charge is 2.22. The normalized spacial score (nSPS) is 11.4. The molecule has 0 heterocycles. The zero-order chi connectivity index (χ0) is 29.5. The fourth-order valence-electron chi connectivity index (χ4n) is 4.95. The average molecular weight is 554 g/mol. The molecule has 214 valence electrons. The van der Waals surface area contributed by atoms with Crippen molar-refractivity contribution >= 4 is 11.4 Å². The van der Waals surface area contributed by atoms with E-state index in [9.17, 15) is 20.2 Å². The fourth-order valence-corrected chi connectivity index (χ4v) is 4.95. The number of nitro groups is 2. The second-order valence-corrected chi connectivity index (χ2v) is 10.1. The monoisotopic (exact) mass is 553 g/mol. The Morgan fingerprint density at radius 3 is 1.39 bits per heavy atom. The van der Waals surface area contributed by atoms with Crippen LogP contribution in [-0.2, 0) is 13.1 Å². The number of hydrogen-bond acceptors (Lipinski definition) is 5. The van der Waals surface area contributed by atoms with E-state index in [1.54, 1.807) is 24.3 Å². The lowest BCUT2D eigenvalue weighted by atomic mass is 9.77. The lowest BCUT2D eigenvalue weighted by molar-refractivity contribution is -0.385. The molecule has 7 nitrogen and oxygen atoms in total. The zero-order valence-electron chi connectivity index (χ0n) is 23.8. The Morgan fingerprint density at radius 2 is 1.05 bits per heavy atom. The first-order valence-corrected chi connectivity index (χ1v) is 14.2. The van der Waals surface area contributed by atoms with Crippen LogP contribution in [0.3, 0.4) is 0 Å². The molecule has 0 aliphatic rings. The molecule has 0 bridgehead atoms. The highest BCUT2D eigenvalue weighted by atomic mass is 16.6. The molecule has 0 radical (unpaired) electrons. The zero-order valence-corrected chi connectivity index (χ0v) is 23.8. The van der Waals surface area contributed by atoms with Crippen molar-refractivity contribution in [2.24, 2.45) is 5.92 Å². The number of hydrogen-bond donors (Lipinski definition) is 1. The minimum Gasteiger partial charge on any atom is -0.309 e. The molecule has 4 rings (SSSR count). The molecule has 1 N–H and O–H groups in total. The number of nitrogens with one attached hydrogen (secondary N) is 1. The molecule has 0 amide bonds. The van der Waals surface area contributed by atoms with Gasteiger partial charge in [0, 0.05) is 43.3 Å². The quantitative estimate of drug-likeness (QED) is 0.132. The molecule has 4 aromatic carbocycles. The average Bonchev–Trinajstić information content (AvgIpc) is 3.01. The van der Waals surface area contributed by atoms with Gasteiger partial charge >= 0.3 is 0 Å². The molecular weight excluding hydrogens is 514 g/mol. The van der Waals surface area contributed by atoms with Crippen LogP contribution in [0.4, 0.5) is 11.4 Å². The van der Waals surface area contributed by atoms with Crippen LogP contribution >= 0.6 is 0 Å². The number of nitro benzene ring substituents is 2. The molecule has 0 aliphatic carbocycles. The first-order valence-electron chi connectivity index (χ1n) is 14.2. The van der Waals surface area contributed by atoms with Gasteiger partial charge in [0.15, 0.2) is 0 Å². The molecule has 1 unspecified atom stereocenters. The third-order valence-corrected chi connectivity index (χ3v) is 7.19. The molecule has 0 saturated heterocycles. The summed E-state index contributed by atoms with van der Waals surface area (Å²) in [5, 5.41) is 24.2. The van der Waals surface area contributed by atoms with Crippen molar-refractivity contribution in [2.45, 2.75) is 58.5 Å². The van der Waals surface area contributed by atoms with Crippen molar-refractivity contribution in [3.8, 4) is 0 Å². The summed E-state index contributed by atoms with van der Waals surface area (Å²) in [5.74, 6) is 1.27. The van der Waals surface area contributed by atoms with Gasteiger partial charge in [-0.1, -0.05) is 118 Å². The molecule has 0 fully saturated rings. The Hall–Kier alpha value is -4.36. The summed E-state index contributed by atoms with van der Waals surface area (Å²) in [6.45, 7) is 5.75. The van der Waals surface area contributed by atoms with Gasteiger partial charge in [-0.05, 0) is 34.6 Å². The van der Waals surface area contributed by atoms with Gasteiger partial charge in [-0.2, -0.15) is 0 Å². The van der Waals surface area contributed by atoms with Crippen LogP contribution < -0.4 is 5.32 Å². The van der Waals surface area contributed by atoms with Crippen LogP contribution in [0.25, 0.3) is 0 Å². The largest absolute Gasteiger partial charge is 0.309 e. The van der Waals surface area contributed by atoms with E-state index in [0.29, 0.717) is 19.0 Å². The summed E-state index contributed by atoms with van der Waals surface area (Å²) in [6, 6.07) is 34.6. The van der Waals surface area contributed by atoms with Crippen molar-refractivity contribution in [3.63, 3.8) is 0 Å². The molecule has 7 heteroatoms. The maximum Gasteiger partial charge on any atom is 0.269 e. The van der Waals surface area contributed by atoms with E-state index < -0.39 is 9.85 Å². The summed E-state index contributed by atoms with van der Waals surface area (Å²) < 4.78 is 0. The summed E-state index contributed by atoms with van der Waals surface area (Å²) in [5.41, 5.74) is 4.91. The van der Waals surface area contributed by atoms with Crippen LogP contribution in [0.2, 0.25) is 0 Å². The van der Waals surface area contributed by atoms with Gasteiger partial charge in [0.05, 0.1) is 9.85 Å². The van der Waals surface area contributed by atoms with E-state index in [4.69, 9.17) is 0 Å². The van der Waals surface area contributed by atoms with Gasteiger partial charge in [-0.3, -0.25) is 20.2 Å². The molecule has 0 aromatic heterocycles. The topological polar surface area (TPSA) is 98.3 Å². The number of non-ortho nitro benzene ring substituents is 2. The second kappa shape index (κ2) is 16.7. The Bertz CT molecular complexity index is 1230. The van der Waals surface area contributed by atoms with E-state index >= 15 is 0 Å². The number of unbranched alkanes of at least 4 members (excludes halogenated alkanes) is 1. The number of rotatable bonds is 13. The second-order valence-electron chi connectivity index (χ2n) is 10.1. The van der Waals surface area contributed by atoms with Crippen LogP contribution in [0, 0.1) is 26.1 Å².